The third kappa shape index (κ3) is 3.91. The summed E-state index contributed by atoms with van der Waals surface area (Å²) in [6.07, 6.45) is 4.53. The van der Waals surface area contributed by atoms with E-state index in [9.17, 15) is 9.18 Å². The molecule has 3 saturated carbocycles. The number of carbonyl (C=O) groups is 1. The molecule has 2 heterocycles. The van der Waals surface area contributed by atoms with Crippen molar-refractivity contribution in [2.45, 2.75) is 62.4 Å². The predicted molar refractivity (Wildman–Crippen MR) is 112 cm³/mol. The molecule has 9 heteroatoms. The minimum absolute atomic E-state index is 0.0359. The van der Waals surface area contributed by atoms with Crippen LogP contribution in [0.25, 0.3) is 0 Å². The number of fused-ring (bicyclic) bond motifs is 2. The fourth-order valence-corrected chi connectivity index (χ4v) is 5.83. The molecule has 1 aromatic carbocycles. The number of nitrogens with one attached hydrogen (secondary N) is 4. The Hall–Kier alpha value is -1.45. The van der Waals surface area contributed by atoms with Crippen molar-refractivity contribution in [2.24, 2.45) is 5.92 Å². The fraction of sp³-hybridized carbons (Fsp3) is 0.667. The van der Waals surface area contributed by atoms with Crippen LogP contribution >= 0.6 is 11.6 Å². The zero-order valence-corrected chi connectivity index (χ0v) is 17.8. The lowest BCUT2D eigenvalue weighted by atomic mass is 9.76. The van der Waals surface area contributed by atoms with Gasteiger partial charge in [-0.3, -0.25) is 20.9 Å². The quantitative estimate of drug-likeness (QED) is 0.538. The summed E-state index contributed by atoms with van der Waals surface area (Å²) in [5.41, 5.74) is 3.66. The lowest BCUT2D eigenvalue weighted by molar-refractivity contribution is -0.124. The van der Waals surface area contributed by atoms with Gasteiger partial charge in [0.25, 0.3) is 5.91 Å². The van der Waals surface area contributed by atoms with Gasteiger partial charge in [0.2, 0.25) is 0 Å². The number of nitrogens with zero attached hydrogens (tertiary/aromatic N) is 1. The Bertz CT molecular complexity index is 821. The molecule has 0 radical (unpaired) electrons. The zero-order chi connectivity index (χ0) is 20.9. The van der Waals surface area contributed by atoms with Crippen LogP contribution in [0.1, 0.15) is 32.6 Å². The highest BCUT2D eigenvalue weighted by Crippen LogP contribution is 2.52. The molecular formula is C21H29ClFN5O2. The molecule has 5 aliphatic rings. The van der Waals surface area contributed by atoms with Crippen molar-refractivity contribution < 1.29 is 13.9 Å². The number of benzene rings is 1. The zero-order valence-electron chi connectivity index (χ0n) is 17.1. The molecule has 2 aliphatic heterocycles. The maximum Gasteiger partial charge on any atom is 0.258 e. The van der Waals surface area contributed by atoms with E-state index in [-0.39, 0.29) is 35.3 Å². The molecule has 2 bridgehead atoms. The van der Waals surface area contributed by atoms with E-state index in [2.05, 4.69) is 33.3 Å². The van der Waals surface area contributed by atoms with Gasteiger partial charge in [0.05, 0.1) is 17.2 Å². The second-order valence-electron chi connectivity index (χ2n) is 9.29. The Kier molecular flexibility index (Phi) is 5.39. The molecule has 0 aromatic heterocycles. The first-order chi connectivity index (χ1) is 14.4. The van der Waals surface area contributed by atoms with Crippen LogP contribution in [-0.4, -0.2) is 60.4 Å². The molecule has 7 nitrogen and oxygen atoms in total. The van der Waals surface area contributed by atoms with Gasteiger partial charge in [-0.15, -0.1) is 0 Å². The maximum absolute atomic E-state index is 13.5. The number of ether oxygens (including phenoxy) is 1. The van der Waals surface area contributed by atoms with Crippen LogP contribution in [0.15, 0.2) is 18.2 Å². The number of rotatable bonds is 6. The molecule has 3 unspecified atom stereocenters. The van der Waals surface area contributed by atoms with Crippen LogP contribution in [0.2, 0.25) is 5.02 Å². The van der Waals surface area contributed by atoms with Gasteiger partial charge in [-0.25, -0.2) is 9.40 Å². The largest absolute Gasteiger partial charge is 0.484 e. The van der Waals surface area contributed by atoms with Gasteiger partial charge in [-0.2, -0.15) is 0 Å². The van der Waals surface area contributed by atoms with Crippen LogP contribution in [-0.2, 0) is 4.79 Å². The Morgan fingerprint density at radius 1 is 1.40 bits per heavy atom. The first-order valence-electron chi connectivity index (χ1n) is 10.8. The van der Waals surface area contributed by atoms with Crippen molar-refractivity contribution >= 4 is 17.5 Å². The van der Waals surface area contributed by atoms with Crippen LogP contribution in [0.4, 0.5) is 4.39 Å². The second-order valence-corrected chi connectivity index (χ2v) is 9.70. The van der Waals surface area contributed by atoms with Crippen molar-refractivity contribution in [1.82, 2.24) is 26.4 Å². The van der Waals surface area contributed by atoms with Crippen molar-refractivity contribution in [3.05, 3.63) is 29.0 Å². The maximum atomic E-state index is 13.5. The van der Waals surface area contributed by atoms with Crippen molar-refractivity contribution in [3.63, 3.8) is 0 Å². The molecule has 3 aliphatic carbocycles. The second kappa shape index (κ2) is 7.91. The van der Waals surface area contributed by atoms with E-state index < -0.39 is 5.82 Å². The number of hydrogen-bond donors (Lipinski definition) is 4. The summed E-state index contributed by atoms with van der Waals surface area (Å²) in [5.74, 6) is 0.0813. The monoisotopic (exact) mass is 437 g/mol. The smallest absolute Gasteiger partial charge is 0.258 e. The first kappa shape index (κ1) is 20.5. The van der Waals surface area contributed by atoms with Crippen LogP contribution in [0, 0.1) is 11.7 Å². The highest BCUT2D eigenvalue weighted by molar-refractivity contribution is 6.30. The Balaban J connectivity index is 1.12. The molecule has 4 atom stereocenters. The van der Waals surface area contributed by atoms with E-state index in [4.69, 9.17) is 16.3 Å². The van der Waals surface area contributed by atoms with Gasteiger partial charge in [0.1, 0.15) is 11.6 Å². The molecule has 5 fully saturated rings. The summed E-state index contributed by atoms with van der Waals surface area (Å²) in [7, 11) is 0. The van der Waals surface area contributed by atoms with Crippen molar-refractivity contribution in [3.8, 4) is 5.75 Å². The Morgan fingerprint density at radius 3 is 3.03 bits per heavy atom. The molecule has 30 heavy (non-hydrogen) atoms. The van der Waals surface area contributed by atoms with E-state index in [1.54, 1.807) is 6.07 Å². The third-order valence-corrected chi connectivity index (χ3v) is 7.34. The molecule has 4 N–H and O–H groups in total. The summed E-state index contributed by atoms with van der Waals surface area (Å²) in [5, 5.41) is 13.1. The van der Waals surface area contributed by atoms with E-state index in [1.807, 2.05) is 0 Å². The third-order valence-electron chi connectivity index (χ3n) is 7.04. The summed E-state index contributed by atoms with van der Waals surface area (Å²) in [6, 6.07) is 5.31. The average Bonchev–Trinajstić information content (AvgIpc) is 3.32. The number of amides is 1. The van der Waals surface area contributed by atoms with Gasteiger partial charge in [-0.1, -0.05) is 11.6 Å². The van der Waals surface area contributed by atoms with Crippen molar-refractivity contribution in [2.75, 3.05) is 19.7 Å². The Morgan fingerprint density at radius 2 is 2.23 bits per heavy atom. The van der Waals surface area contributed by atoms with E-state index >= 15 is 0 Å². The van der Waals surface area contributed by atoms with Crippen LogP contribution in [0.3, 0.4) is 0 Å². The standard InChI is InChI=1S/C21H29ClFN5O2/c1-12-6-18-20(24-4-5-28(18)27-12)26-21-8-13(9-21)17(10-21)25-19(29)11-30-14-2-3-15(22)16(23)7-14/h2-3,7,12-13,17-18,20,24,26-27H,4-6,8-11H2,1H3,(H,25,29)/t12?,13?,17-,18?,20?,21?/m0/s1. The highest BCUT2D eigenvalue weighted by atomic mass is 35.5. The lowest BCUT2D eigenvalue weighted by Crippen LogP contribution is -2.68. The van der Waals surface area contributed by atoms with Gasteiger partial charge in [0, 0.05) is 36.8 Å². The van der Waals surface area contributed by atoms with Gasteiger partial charge in [0.15, 0.2) is 6.61 Å². The number of carbonyl (C=O) groups excluding carboxylic acids is 1. The molecule has 1 amide bonds. The lowest BCUT2D eigenvalue weighted by Gasteiger charge is -2.46. The van der Waals surface area contributed by atoms with Gasteiger partial charge in [-0.05, 0) is 50.7 Å². The molecule has 2 saturated heterocycles. The normalized spacial score (nSPS) is 37.5. The van der Waals surface area contributed by atoms with Gasteiger partial charge >= 0.3 is 0 Å². The minimum Gasteiger partial charge on any atom is -0.484 e. The summed E-state index contributed by atoms with van der Waals surface area (Å²) in [6.45, 7) is 4.10. The summed E-state index contributed by atoms with van der Waals surface area (Å²) >= 11 is 5.67. The van der Waals surface area contributed by atoms with Crippen LogP contribution in [0.5, 0.6) is 5.75 Å². The number of piperazine rings is 1. The predicted octanol–water partition coefficient (Wildman–Crippen LogP) is 1.38. The fourth-order valence-electron chi connectivity index (χ4n) is 5.71. The Labute approximate surface area is 181 Å². The van der Waals surface area contributed by atoms with Gasteiger partial charge < -0.3 is 10.1 Å². The molecule has 1 aromatic rings. The highest BCUT2D eigenvalue weighted by Gasteiger charge is 2.57. The van der Waals surface area contributed by atoms with Crippen LogP contribution < -0.4 is 26.1 Å². The number of hydrogen-bond acceptors (Lipinski definition) is 6. The molecule has 6 rings (SSSR count). The summed E-state index contributed by atoms with van der Waals surface area (Å²) in [4.78, 5) is 12.4. The minimum atomic E-state index is -0.555. The van der Waals surface area contributed by atoms with Crippen molar-refractivity contribution in [1.29, 1.82) is 0 Å². The van der Waals surface area contributed by atoms with E-state index in [0.717, 1.165) is 38.8 Å². The molecular weight excluding hydrogens is 409 g/mol. The first-order valence-corrected chi connectivity index (χ1v) is 11.2. The average molecular weight is 438 g/mol. The number of halogens is 2. The SMILES string of the molecule is CC1CC2C(NC34CC(C3)[C@@H](NC(=O)COc3ccc(Cl)c(F)c3)C4)NCCN2N1. The van der Waals surface area contributed by atoms with E-state index in [0.29, 0.717) is 23.8 Å². The topological polar surface area (TPSA) is 77.7 Å². The summed E-state index contributed by atoms with van der Waals surface area (Å²) < 4.78 is 18.9. The number of hydrazine groups is 1. The van der Waals surface area contributed by atoms with E-state index in [1.165, 1.54) is 12.1 Å². The molecule has 0 spiro atoms. The molecule has 164 valence electrons.